The summed E-state index contributed by atoms with van der Waals surface area (Å²) in [6.07, 6.45) is 0.228. The standard InChI is InChI=1S/C22H22ClN3O2S/c1-15-12-17(26-8-10-28-11-9-26)6-7-20(15)25-21(27)13-16-14-29-22(24-16)18-4-2-3-5-19(18)23/h2-7,12,14H,8-11,13H2,1H3,(H,25,27). The number of carbonyl (C=O) groups excluding carboxylic acids is 1. The number of anilines is 2. The van der Waals surface area contributed by atoms with Gasteiger partial charge in [-0.05, 0) is 36.8 Å². The zero-order chi connectivity index (χ0) is 20.2. The lowest BCUT2D eigenvalue weighted by atomic mass is 10.1. The van der Waals surface area contributed by atoms with Gasteiger partial charge in [-0.15, -0.1) is 11.3 Å². The number of carbonyl (C=O) groups is 1. The van der Waals surface area contributed by atoms with Gasteiger partial charge in [0.25, 0.3) is 0 Å². The van der Waals surface area contributed by atoms with Gasteiger partial charge in [0.1, 0.15) is 5.01 Å². The molecule has 1 amide bonds. The maximum atomic E-state index is 12.5. The van der Waals surface area contributed by atoms with E-state index in [4.69, 9.17) is 16.3 Å². The van der Waals surface area contributed by atoms with Gasteiger partial charge in [-0.3, -0.25) is 4.79 Å². The van der Waals surface area contributed by atoms with E-state index in [0.29, 0.717) is 5.02 Å². The Morgan fingerprint density at radius 1 is 1.24 bits per heavy atom. The highest BCUT2D eigenvalue weighted by Crippen LogP contribution is 2.30. The monoisotopic (exact) mass is 427 g/mol. The van der Waals surface area contributed by atoms with Crippen LogP contribution >= 0.6 is 22.9 Å². The first-order chi connectivity index (χ1) is 14.1. The zero-order valence-electron chi connectivity index (χ0n) is 16.2. The van der Waals surface area contributed by atoms with Crippen LogP contribution in [0.15, 0.2) is 47.8 Å². The van der Waals surface area contributed by atoms with E-state index in [9.17, 15) is 4.79 Å². The minimum Gasteiger partial charge on any atom is -0.378 e. The molecular weight excluding hydrogens is 406 g/mol. The van der Waals surface area contributed by atoms with Crippen molar-refractivity contribution in [2.24, 2.45) is 0 Å². The molecule has 0 radical (unpaired) electrons. The van der Waals surface area contributed by atoms with E-state index in [2.05, 4.69) is 21.3 Å². The molecule has 0 unspecified atom stereocenters. The molecule has 1 aliphatic rings. The summed E-state index contributed by atoms with van der Waals surface area (Å²) in [6, 6.07) is 13.7. The molecule has 0 saturated carbocycles. The molecule has 7 heteroatoms. The third kappa shape index (κ3) is 4.78. The van der Waals surface area contributed by atoms with Gasteiger partial charge in [0.05, 0.1) is 30.4 Å². The smallest absolute Gasteiger partial charge is 0.230 e. The Labute approximate surface area is 179 Å². The SMILES string of the molecule is Cc1cc(N2CCOCC2)ccc1NC(=O)Cc1csc(-c2ccccc2Cl)n1. The number of amides is 1. The van der Waals surface area contributed by atoms with Gasteiger partial charge >= 0.3 is 0 Å². The molecule has 0 atom stereocenters. The Bertz CT molecular complexity index is 1010. The van der Waals surface area contributed by atoms with Crippen LogP contribution in [-0.2, 0) is 16.0 Å². The number of thiazole rings is 1. The molecule has 0 spiro atoms. The first kappa shape index (κ1) is 19.9. The average molecular weight is 428 g/mol. The van der Waals surface area contributed by atoms with Crippen molar-refractivity contribution in [2.45, 2.75) is 13.3 Å². The third-order valence-electron chi connectivity index (χ3n) is 4.86. The largest absolute Gasteiger partial charge is 0.378 e. The Hall–Kier alpha value is -2.41. The number of aromatic nitrogens is 1. The molecule has 0 bridgehead atoms. The summed E-state index contributed by atoms with van der Waals surface area (Å²) >= 11 is 7.74. The van der Waals surface area contributed by atoms with E-state index >= 15 is 0 Å². The minimum absolute atomic E-state index is 0.0803. The van der Waals surface area contributed by atoms with Crippen molar-refractivity contribution in [1.29, 1.82) is 0 Å². The fourth-order valence-electron chi connectivity index (χ4n) is 3.31. The van der Waals surface area contributed by atoms with Crippen molar-refractivity contribution in [3.8, 4) is 10.6 Å². The predicted molar refractivity (Wildman–Crippen MR) is 119 cm³/mol. The van der Waals surface area contributed by atoms with Crippen molar-refractivity contribution in [2.75, 3.05) is 36.5 Å². The zero-order valence-corrected chi connectivity index (χ0v) is 17.7. The van der Waals surface area contributed by atoms with E-state index in [0.717, 1.165) is 59.5 Å². The fraction of sp³-hybridized carbons (Fsp3) is 0.273. The average Bonchev–Trinajstić information content (AvgIpc) is 3.18. The van der Waals surface area contributed by atoms with Crippen molar-refractivity contribution >= 4 is 40.2 Å². The number of halogens is 1. The molecule has 5 nitrogen and oxygen atoms in total. The number of hydrogen-bond donors (Lipinski definition) is 1. The first-order valence-corrected chi connectivity index (χ1v) is 10.8. The Kier molecular flexibility index (Phi) is 6.13. The van der Waals surface area contributed by atoms with Gasteiger partial charge in [-0.25, -0.2) is 4.98 Å². The van der Waals surface area contributed by atoms with Crippen molar-refractivity contribution in [1.82, 2.24) is 4.98 Å². The number of nitrogens with one attached hydrogen (secondary N) is 1. The predicted octanol–water partition coefficient (Wildman–Crippen LogP) is 4.79. The molecule has 3 aromatic rings. The van der Waals surface area contributed by atoms with Gasteiger partial charge in [0, 0.05) is 35.4 Å². The Morgan fingerprint density at radius 3 is 2.79 bits per heavy atom. The van der Waals surface area contributed by atoms with Crippen LogP contribution < -0.4 is 10.2 Å². The normalized spacial score (nSPS) is 14.1. The Balaban J connectivity index is 1.40. The number of ether oxygens (including phenoxy) is 1. The van der Waals surface area contributed by atoms with Crippen LogP contribution in [-0.4, -0.2) is 37.2 Å². The van der Waals surface area contributed by atoms with E-state index in [1.807, 2.05) is 48.7 Å². The molecule has 1 saturated heterocycles. The lowest BCUT2D eigenvalue weighted by Gasteiger charge is -2.29. The molecule has 2 heterocycles. The Morgan fingerprint density at radius 2 is 2.03 bits per heavy atom. The number of nitrogens with zero attached hydrogens (tertiary/aromatic N) is 2. The van der Waals surface area contributed by atoms with Crippen molar-refractivity contribution in [3.63, 3.8) is 0 Å². The lowest BCUT2D eigenvalue weighted by Crippen LogP contribution is -2.36. The maximum absolute atomic E-state index is 12.5. The molecule has 1 aromatic heterocycles. The summed E-state index contributed by atoms with van der Waals surface area (Å²) in [5, 5.41) is 6.40. The number of aryl methyl sites for hydroxylation is 1. The van der Waals surface area contributed by atoms with Crippen LogP contribution in [0.5, 0.6) is 0 Å². The van der Waals surface area contributed by atoms with Crippen LogP contribution in [0.3, 0.4) is 0 Å². The van der Waals surface area contributed by atoms with Gasteiger partial charge in [0.2, 0.25) is 5.91 Å². The summed E-state index contributed by atoms with van der Waals surface area (Å²) in [7, 11) is 0. The molecule has 2 aromatic carbocycles. The summed E-state index contributed by atoms with van der Waals surface area (Å²) in [5.41, 5.74) is 4.66. The van der Waals surface area contributed by atoms with Gasteiger partial charge in [-0.2, -0.15) is 0 Å². The molecule has 1 aliphatic heterocycles. The van der Waals surface area contributed by atoms with Crippen LogP contribution in [0.4, 0.5) is 11.4 Å². The molecule has 4 rings (SSSR count). The van der Waals surface area contributed by atoms with Crippen LogP contribution in [0, 0.1) is 6.92 Å². The number of morpholine rings is 1. The van der Waals surface area contributed by atoms with Crippen molar-refractivity contribution < 1.29 is 9.53 Å². The van der Waals surface area contributed by atoms with Crippen molar-refractivity contribution in [3.05, 3.63) is 64.1 Å². The quantitative estimate of drug-likeness (QED) is 0.636. The summed E-state index contributed by atoms with van der Waals surface area (Å²) in [4.78, 5) is 19.4. The molecular formula is C22H22ClN3O2S. The number of rotatable bonds is 5. The molecule has 0 aliphatic carbocycles. The summed E-state index contributed by atoms with van der Waals surface area (Å²) in [6.45, 7) is 5.30. The minimum atomic E-state index is -0.0803. The lowest BCUT2D eigenvalue weighted by molar-refractivity contribution is -0.115. The van der Waals surface area contributed by atoms with Gasteiger partial charge in [0.15, 0.2) is 0 Å². The van der Waals surface area contributed by atoms with Crippen LogP contribution in [0.25, 0.3) is 10.6 Å². The molecule has 1 N–H and O–H groups in total. The summed E-state index contributed by atoms with van der Waals surface area (Å²) in [5.74, 6) is -0.0803. The second kappa shape index (κ2) is 8.95. The van der Waals surface area contributed by atoms with Gasteiger partial charge < -0.3 is 15.0 Å². The number of benzene rings is 2. The second-order valence-corrected chi connectivity index (χ2v) is 8.21. The summed E-state index contributed by atoms with van der Waals surface area (Å²) < 4.78 is 5.41. The molecule has 29 heavy (non-hydrogen) atoms. The maximum Gasteiger partial charge on any atom is 0.230 e. The first-order valence-electron chi connectivity index (χ1n) is 9.52. The van der Waals surface area contributed by atoms with Crippen LogP contribution in [0.1, 0.15) is 11.3 Å². The second-order valence-electron chi connectivity index (χ2n) is 6.95. The highest BCUT2D eigenvalue weighted by molar-refractivity contribution is 7.13. The number of hydrogen-bond acceptors (Lipinski definition) is 5. The van der Waals surface area contributed by atoms with Gasteiger partial charge in [-0.1, -0.05) is 29.8 Å². The topological polar surface area (TPSA) is 54.5 Å². The van der Waals surface area contributed by atoms with E-state index in [-0.39, 0.29) is 12.3 Å². The van der Waals surface area contributed by atoms with Crippen LogP contribution in [0.2, 0.25) is 5.02 Å². The van der Waals surface area contributed by atoms with E-state index in [1.165, 1.54) is 11.3 Å². The third-order valence-corrected chi connectivity index (χ3v) is 6.11. The fourth-order valence-corrected chi connectivity index (χ4v) is 4.45. The molecule has 150 valence electrons. The molecule has 1 fully saturated rings. The highest BCUT2D eigenvalue weighted by Gasteiger charge is 2.14. The van der Waals surface area contributed by atoms with E-state index in [1.54, 1.807) is 0 Å². The highest BCUT2D eigenvalue weighted by atomic mass is 35.5. The van der Waals surface area contributed by atoms with E-state index < -0.39 is 0 Å².